The Morgan fingerprint density at radius 1 is 0.923 bits per heavy atom. The molecule has 1 saturated heterocycles. The largest absolute Gasteiger partial charge is 0.493 e. The van der Waals surface area contributed by atoms with Crippen LogP contribution >= 0.6 is 11.8 Å². The Balaban J connectivity index is 1.49. The first-order chi connectivity index (χ1) is 18.9. The van der Waals surface area contributed by atoms with E-state index < -0.39 is 12.0 Å². The highest BCUT2D eigenvalue weighted by Gasteiger charge is 2.45. The van der Waals surface area contributed by atoms with E-state index in [0.717, 1.165) is 30.1 Å². The molecule has 8 heteroatoms. The molecular weight excluding hydrogens is 510 g/mol. The molecule has 2 amide bonds. The number of thioether (sulfide) groups is 1. The fraction of sp³-hybridized carbons (Fsp3) is 0.355. The lowest BCUT2D eigenvalue weighted by molar-refractivity contribution is -0.136. The molecule has 2 atom stereocenters. The van der Waals surface area contributed by atoms with Crippen molar-refractivity contribution in [1.29, 1.82) is 0 Å². The summed E-state index contributed by atoms with van der Waals surface area (Å²) in [5.74, 6) is 0.308. The first-order valence-corrected chi connectivity index (χ1v) is 14.4. The van der Waals surface area contributed by atoms with Gasteiger partial charge in [-0.15, -0.1) is 11.8 Å². The van der Waals surface area contributed by atoms with Crippen LogP contribution in [0.1, 0.15) is 39.0 Å². The molecule has 0 N–H and O–H groups in total. The third-order valence-corrected chi connectivity index (χ3v) is 8.57. The van der Waals surface area contributed by atoms with Gasteiger partial charge in [-0.2, -0.15) is 0 Å². The monoisotopic (exact) mass is 545 g/mol. The van der Waals surface area contributed by atoms with Gasteiger partial charge in [0.2, 0.25) is 5.91 Å². The standard InChI is InChI=1S/C31H35N3O4S/c1-32-29(22-10-12-23(39-4)13-11-22)28(24-18-26(37-2)27(38-3)19-25(24)30(32)35)31(36)34-16-14-33(15-17-34)20-21-8-6-5-7-9-21/h5-13,18-19,28-29H,14-17,20H2,1-4H3. The van der Waals surface area contributed by atoms with E-state index in [9.17, 15) is 9.59 Å². The zero-order chi connectivity index (χ0) is 27.5. The summed E-state index contributed by atoms with van der Waals surface area (Å²) in [5.41, 5.74) is 3.37. The van der Waals surface area contributed by atoms with E-state index >= 15 is 0 Å². The predicted molar refractivity (Wildman–Crippen MR) is 154 cm³/mol. The number of hydrogen-bond donors (Lipinski definition) is 0. The summed E-state index contributed by atoms with van der Waals surface area (Å²) in [6.45, 7) is 3.75. The van der Waals surface area contributed by atoms with Crippen molar-refractivity contribution in [1.82, 2.24) is 14.7 Å². The molecule has 0 saturated carbocycles. The third-order valence-electron chi connectivity index (χ3n) is 7.83. The summed E-state index contributed by atoms with van der Waals surface area (Å²) in [5, 5.41) is 0. The average Bonchev–Trinajstić information content (AvgIpc) is 2.99. The average molecular weight is 546 g/mol. The zero-order valence-corrected chi connectivity index (χ0v) is 23.7. The molecule has 0 aromatic heterocycles. The predicted octanol–water partition coefficient (Wildman–Crippen LogP) is 4.68. The third kappa shape index (κ3) is 5.36. The lowest BCUT2D eigenvalue weighted by Gasteiger charge is -2.43. The molecule has 3 aromatic carbocycles. The van der Waals surface area contributed by atoms with Crippen LogP contribution in [-0.4, -0.2) is 80.2 Å². The van der Waals surface area contributed by atoms with Gasteiger partial charge in [-0.25, -0.2) is 0 Å². The molecule has 2 unspecified atom stereocenters. The number of amides is 2. The number of hydrogen-bond acceptors (Lipinski definition) is 6. The number of nitrogens with zero attached hydrogens (tertiary/aromatic N) is 3. The maximum absolute atomic E-state index is 14.4. The number of rotatable bonds is 7. The van der Waals surface area contributed by atoms with E-state index in [-0.39, 0.29) is 11.8 Å². The van der Waals surface area contributed by atoms with Crippen LogP contribution in [-0.2, 0) is 11.3 Å². The Morgan fingerprint density at radius 2 is 1.56 bits per heavy atom. The van der Waals surface area contributed by atoms with Gasteiger partial charge in [0.05, 0.1) is 26.2 Å². The number of methoxy groups -OCH3 is 2. The van der Waals surface area contributed by atoms with Gasteiger partial charge in [-0.1, -0.05) is 42.5 Å². The Kier molecular flexibility index (Phi) is 8.14. The van der Waals surface area contributed by atoms with E-state index in [1.807, 2.05) is 47.6 Å². The van der Waals surface area contributed by atoms with E-state index in [4.69, 9.17) is 9.47 Å². The van der Waals surface area contributed by atoms with Crippen LogP contribution < -0.4 is 9.47 Å². The van der Waals surface area contributed by atoms with Crippen molar-refractivity contribution in [3.8, 4) is 11.5 Å². The first kappa shape index (κ1) is 27.1. The molecule has 3 aromatic rings. The second kappa shape index (κ2) is 11.7. The number of piperazine rings is 1. The van der Waals surface area contributed by atoms with Gasteiger partial charge in [-0.05, 0) is 47.2 Å². The maximum Gasteiger partial charge on any atom is 0.254 e. The molecule has 5 rings (SSSR count). The van der Waals surface area contributed by atoms with E-state index in [1.54, 1.807) is 44.0 Å². The molecule has 7 nitrogen and oxygen atoms in total. The van der Waals surface area contributed by atoms with Gasteiger partial charge in [0.15, 0.2) is 11.5 Å². The minimum atomic E-state index is -0.566. The molecule has 204 valence electrons. The molecule has 0 radical (unpaired) electrons. The van der Waals surface area contributed by atoms with Crippen LogP contribution in [0.25, 0.3) is 0 Å². The number of carbonyl (C=O) groups is 2. The highest BCUT2D eigenvalue weighted by atomic mass is 32.2. The first-order valence-electron chi connectivity index (χ1n) is 13.2. The summed E-state index contributed by atoms with van der Waals surface area (Å²) in [6.07, 6.45) is 2.03. The lowest BCUT2D eigenvalue weighted by atomic mass is 9.78. The lowest BCUT2D eigenvalue weighted by Crippen LogP contribution is -2.52. The summed E-state index contributed by atoms with van der Waals surface area (Å²) >= 11 is 1.66. The maximum atomic E-state index is 14.4. The molecule has 2 aliphatic heterocycles. The van der Waals surface area contributed by atoms with Gasteiger partial charge < -0.3 is 19.3 Å². The number of likely N-dealkylation sites (N-methyl/N-ethyl adjacent to an activating group) is 1. The number of carbonyl (C=O) groups excluding carboxylic acids is 2. The molecule has 0 spiro atoms. The van der Waals surface area contributed by atoms with Crippen molar-refractivity contribution in [3.05, 3.63) is 89.0 Å². The van der Waals surface area contributed by atoms with Crippen LogP contribution in [0.4, 0.5) is 0 Å². The quantitative estimate of drug-likeness (QED) is 0.402. The van der Waals surface area contributed by atoms with Crippen molar-refractivity contribution in [2.24, 2.45) is 0 Å². The minimum Gasteiger partial charge on any atom is -0.493 e. The highest BCUT2D eigenvalue weighted by molar-refractivity contribution is 7.98. The van der Waals surface area contributed by atoms with Crippen molar-refractivity contribution in [2.45, 2.75) is 23.4 Å². The summed E-state index contributed by atoms with van der Waals surface area (Å²) in [4.78, 5) is 35.2. The zero-order valence-electron chi connectivity index (χ0n) is 22.9. The van der Waals surface area contributed by atoms with Gasteiger partial charge in [0.1, 0.15) is 0 Å². The molecule has 2 aliphatic rings. The Bertz CT molecular complexity index is 1320. The summed E-state index contributed by atoms with van der Waals surface area (Å²) in [6, 6.07) is 21.7. The van der Waals surface area contributed by atoms with Gasteiger partial charge in [0.25, 0.3) is 5.91 Å². The van der Waals surface area contributed by atoms with Crippen molar-refractivity contribution in [2.75, 3.05) is 53.7 Å². The number of ether oxygens (including phenoxy) is 2. The Morgan fingerprint density at radius 3 is 2.18 bits per heavy atom. The van der Waals surface area contributed by atoms with E-state index in [1.165, 1.54) is 5.56 Å². The Hall–Kier alpha value is -3.49. The Labute approximate surface area is 234 Å². The molecule has 0 bridgehead atoms. The second-order valence-electron chi connectivity index (χ2n) is 9.99. The second-order valence-corrected chi connectivity index (χ2v) is 10.9. The van der Waals surface area contributed by atoms with Crippen molar-refractivity contribution < 1.29 is 19.1 Å². The summed E-state index contributed by atoms with van der Waals surface area (Å²) < 4.78 is 11.1. The molecule has 2 heterocycles. The fourth-order valence-corrected chi connectivity index (χ4v) is 6.11. The van der Waals surface area contributed by atoms with E-state index in [2.05, 4.69) is 29.2 Å². The van der Waals surface area contributed by atoms with Crippen LogP contribution in [0.5, 0.6) is 11.5 Å². The highest BCUT2D eigenvalue weighted by Crippen LogP contribution is 2.46. The molecule has 0 aliphatic carbocycles. The van der Waals surface area contributed by atoms with Gasteiger partial charge in [0, 0.05) is 50.2 Å². The molecule has 39 heavy (non-hydrogen) atoms. The molecular formula is C31H35N3O4S. The van der Waals surface area contributed by atoms with E-state index in [0.29, 0.717) is 35.7 Å². The topological polar surface area (TPSA) is 62.3 Å². The SMILES string of the molecule is COc1cc2c(cc1OC)C(C(=O)N1CCN(Cc3ccccc3)CC1)C(c1ccc(SC)cc1)N(C)C2=O. The number of fused-ring (bicyclic) bond motifs is 1. The fourth-order valence-electron chi connectivity index (χ4n) is 5.70. The van der Waals surface area contributed by atoms with Gasteiger partial charge in [-0.3, -0.25) is 14.5 Å². The van der Waals surface area contributed by atoms with Crippen LogP contribution in [0.15, 0.2) is 71.6 Å². The minimum absolute atomic E-state index is 0.0288. The van der Waals surface area contributed by atoms with Crippen LogP contribution in [0.2, 0.25) is 0 Å². The smallest absolute Gasteiger partial charge is 0.254 e. The summed E-state index contributed by atoms with van der Waals surface area (Å²) in [7, 11) is 4.91. The van der Waals surface area contributed by atoms with Crippen LogP contribution in [0, 0.1) is 0 Å². The van der Waals surface area contributed by atoms with Crippen molar-refractivity contribution in [3.63, 3.8) is 0 Å². The van der Waals surface area contributed by atoms with Crippen LogP contribution in [0.3, 0.4) is 0 Å². The van der Waals surface area contributed by atoms with Gasteiger partial charge >= 0.3 is 0 Å². The normalized spacial score (nSPS) is 19.5. The van der Waals surface area contributed by atoms with Crippen molar-refractivity contribution >= 4 is 23.6 Å². The number of benzene rings is 3. The molecule has 1 fully saturated rings.